The molecular formula is C14H17Cl2FN2O. The molecule has 4 atom stereocenters. The SMILES string of the molecule is Cl.NC1C2CCC(C2)C1C(=O)Nc1ccc(F)c(Cl)c1. The van der Waals surface area contributed by atoms with Crippen LogP contribution < -0.4 is 11.1 Å². The van der Waals surface area contributed by atoms with Gasteiger partial charge in [-0.25, -0.2) is 4.39 Å². The monoisotopic (exact) mass is 318 g/mol. The van der Waals surface area contributed by atoms with Crippen LogP contribution in [0.15, 0.2) is 18.2 Å². The maximum Gasteiger partial charge on any atom is 0.229 e. The molecule has 1 aromatic carbocycles. The number of hydrogen-bond acceptors (Lipinski definition) is 2. The van der Waals surface area contributed by atoms with Crippen molar-refractivity contribution >= 4 is 35.6 Å². The number of hydrogen-bond donors (Lipinski definition) is 2. The lowest BCUT2D eigenvalue weighted by molar-refractivity contribution is -0.121. The molecule has 2 aliphatic rings. The van der Waals surface area contributed by atoms with Crippen LogP contribution in [-0.4, -0.2) is 11.9 Å². The van der Waals surface area contributed by atoms with Crippen molar-refractivity contribution < 1.29 is 9.18 Å². The van der Waals surface area contributed by atoms with Gasteiger partial charge in [-0.1, -0.05) is 11.6 Å². The number of rotatable bonds is 2. The van der Waals surface area contributed by atoms with E-state index in [1.165, 1.54) is 18.2 Å². The van der Waals surface area contributed by atoms with E-state index in [9.17, 15) is 9.18 Å². The zero-order valence-corrected chi connectivity index (χ0v) is 12.4. The topological polar surface area (TPSA) is 55.1 Å². The van der Waals surface area contributed by atoms with Crippen LogP contribution >= 0.6 is 24.0 Å². The van der Waals surface area contributed by atoms with Crippen LogP contribution in [0.5, 0.6) is 0 Å². The minimum atomic E-state index is -0.490. The summed E-state index contributed by atoms with van der Waals surface area (Å²) in [6.45, 7) is 0. The Bertz CT molecular complexity index is 524. The third kappa shape index (κ3) is 2.65. The van der Waals surface area contributed by atoms with Crippen LogP contribution in [0.3, 0.4) is 0 Å². The summed E-state index contributed by atoms with van der Waals surface area (Å²) in [5, 5.41) is 2.81. The van der Waals surface area contributed by atoms with Crippen molar-refractivity contribution in [3.8, 4) is 0 Å². The standard InChI is InChI=1S/C14H16ClFN2O.ClH/c15-10-6-9(3-4-11(10)16)18-14(19)12-7-1-2-8(5-7)13(12)17;/h3-4,6-8,12-13H,1-2,5,17H2,(H,18,19);1H. The zero-order valence-electron chi connectivity index (χ0n) is 10.8. The fourth-order valence-electron chi connectivity index (χ4n) is 3.52. The highest BCUT2D eigenvalue weighted by Gasteiger charge is 2.49. The van der Waals surface area contributed by atoms with Crippen molar-refractivity contribution in [2.75, 3.05) is 5.32 Å². The number of carbonyl (C=O) groups is 1. The lowest BCUT2D eigenvalue weighted by Gasteiger charge is -2.27. The fourth-order valence-corrected chi connectivity index (χ4v) is 3.70. The second-order valence-electron chi connectivity index (χ2n) is 5.55. The Morgan fingerprint density at radius 3 is 2.65 bits per heavy atom. The number of fused-ring (bicyclic) bond motifs is 2. The minimum Gasteiger partial charge on any atom is -0.327 e. The fraction of sp³-hybridized carbons (Fsp3) is 0.500. The maximum atomic E-state index is 13.1. The lowest BCUT2D eigenvalue weighted by atomic mass is 9.84. The number of halogens is 3. The summed E-state index contributed by atoms with van der Waals surface area (Å²) in [5.74, 6) is 0.203. The van der Waals surface area contributed by atoms with Gasteiger partial charge >= 0.3 is 0 Å². The molecule has 110 valence electrons. The Morgan fingerprint density at radius 1 is 1.35 bits per heavy atom. The summed E-state index contributed by atoms with van der Waals surface area (Å²) in [6.07, 6.45) is 3.28. The molecule has 3 nitrogen and oxygen atoms in total. The first kappa shape index (κ1) is 15.5. The van der Waals surface area contributed by atoms with Crippen molar-refractivity contribution in [1.29, 1.82) is 0 Å². The highest BCUT2D eigenvalue weighted by atomic mass is 35.5. The predicted octanol–water partition coefficient (Wildman–Crippen LogP) is 3.21. The largest absolute Gasteiger partial charge is 0.327 e. The first-order valence-corrected chi connectivity index (χ1v) is 6.95. The van der Waals surface area contributed by atoms with Gasteiger partial charge in [0, 0.05) is 11.7 Å². The van der Waals surface area contributed by atoms with Gasteiger partial charge in [-0.15, -0.1) is 12.4 Å². The number of amides is 1. The van der Waals surface area contributed by atoms with E-state index in [2.05, 4.69) is 5.32 Å². The molecule has 0 heterocycles. The van der Waals surface area contributed by atoms with E-state index in [0.717, 1.165) is 19.3 Å². The smallest absolute Gasteiger partial charge is 0.229 e. The molecule has 1 aromatic rings. The Morgan fingerprint density at radius 2 is 2.05 bits per heavy atom. The van der Waals surface area contributed by atoms with Crippen molar-refractivity contribution in [2.45, 2.75) is 25.3 Å². The van der Waals surface area contributed by atoms with Gasteiger partial charge < -0.3 is 11.1 Å². The Balaban J connectivity index is 0.00000147. The molecule has 2 bridgehead atoms. The molecule has 3 rings (SSSR count). The average Bonchev–Trinajstić information content (AvgIpc) is 2.94. The average molecular weight is 319 g/mol. The highest BCUT2D eigenvalue weighted by molar-refractivity contribution is 6.31. The van der Waals surface area contributed by atoms with Crippen molar-refractivity contribution in [2.24, 2.45) is 23.5 Å². The van der Waals surface area contributed by atoms with E-state index < -0.39 is 5.82 Å². The number of benzene rings is 1. The quantitative estimate of drug-likeness (QED) is 0.879. The van der Waals surface area contributed by atoms with Crippen molar-refractivity contribution in [3.05, 3.63) is 29.0 Å². The van der Waals surface area contributed by atoms with E-state index in [4.69, 9.17) is 17.3 Å². The van der Waals surface area contributed by atoms with Gasteiger partial charge in [0.15, 0.2) is 0 Å². The van der Waals surface area contributed by atoms with Crippen LogP contribution in [0.4, 0.5) is 10.1 Å². The van der Waals surface area contributed by atoms with Gasteiger partial charge in [0.25, 0.3) is 0 Å². The second kappa shape index (κ2) is 5.88. The van der Waals surface area contributed by atoms with Gasteiger partial charge in [-0.05, 0) is 49.3 Å². The molecule has 2 saturated carbocycles. The molecule has 2 aliphatic carbocycles. The number of nitrogens with two attached hydrogens (primary N) is 1. The van der Waals surface area contributed by atoms with Crippen LogP contribution in [0, 0.1) is 23.6 Å². The maximum absolute atomic E-state index is 13.1. The molecule has 2 fully saturated rings. The van der Waals surface area contributed by atoms with Gasteiger partial charge in [0.2, 0.25) is 5.91 Å². The van der Waals surface area contributed by atoms with Crippen LogP contribution in [0.2, 0.25) is 5.02 Å². The predicted molar refractivity (Wildman–Crippen MR) is 79.6 cm³/mol. The summed E-state index contributed by atoms with van der Waals surface area (Å²) in [6, 6.07) is 4.14. The van der Waals surface area contributed by atoms with E-state index >= 15 is 0 Å². The molecule has 0 radical (unpaired) electrons. The molecule has 3 N–H and O–H groups in total. The van der Waals surface area contributed by atoms with E-state index in [1.807, 2.05) is 0 Å². The van der Waals surface area contributed by atoms with E-state index in [0.29, 0.717) is 17.5 Å². The van der Waals surface area contributed by atoms with Crippen LogP contribution in [0.1, 0.15) is 19.3 Å². The third-order valence-electron chi connectivity index (χ3n) is 4.47. The van der Waals surface area contributed by atoms with Crippen LogP contribution in [0.25, 0.3) is 0 Å². The Hall–Kier alpha value is -0.840. The first-order valence-electron chi connectivity index (χ1n) is 6.58. The number of nitrogens with one attached hydrogen (secondary N) is 1. The summed E-state index contributed by atoms with van der Waals surface area (Å²) in [5.41, 5.74) is 6.65. The van der Waals surface area contributed by atoms with Crippen LogP contribution in [-0.2, 0) is 4.79 Å². The van der Waals surface area contributed by atoms with E-state index in [-0.39, 0.29) is 35.3 Å². The molecule has 0 aliphatic heterocycles. The summed E-state index contributed by atoms with van der Waals surface area (Å²) in [7, 11) is 0. The molecule has 0 saturated heterocycles. The van der Waals surface area contributed by atoms with Crippen molar-refractivity contribution in [1.82, 2.24) is 0 Å². The number of carbonyl (C=O) groups excluding carboxylic acids is 1. The molecule has 20 heavy (non-hydrogen) atoms. The Kier molecular flexibility index (Phi) is 4.57. The normalized spacial score (nSPS) is 30.9. The van der Waals surface area contributed by atoms with Gasteiger partial charge in [-0.2, -0.15) is 0 Å². The molecule has 6 heteroatoms. The van der Waals surface area contributed by atoms with Crippen molar-refractivity contribution in [3.63, 3.8) is 0 Å². The van der Waals surface area contributed by atoms with Gasteiger partial charge in [0.05, 0.1) is 10.9 Å². The Labute approximate surface area is 128 Å². The summed E-state index contributed by atoms with van der Waals surface area (Å²) in [4.78, 5) is 12.3. The zero-order chi connectivity index (χ0) is 13.6. The number of anilines is 1. The van der Waals surface area contributed by atoms with Gasteiger partial charge in [-0.3, -0.25) is 4.79 Å². The highest BCUT2D eigenvalue weighted by Crippen LogP contribution is 2.47. The molecule has 1 amide bonds. The molecule has 4 unspecified atom stereocenters. The molecule has 0 aromatic heterocycles. The minimum absolute atomic E-state index is 0. The summed E-state index contributed by atoms with van der Waals surface area (Å²) >= 11 is 5.70. The lowest BCUT2D eigenvalue weighted by Crippen LogP contribution is -2.42. The summed E-state index contributed by atoms with van der Waals surface area (Å²) < 4.78 is 13.1. The third-order valence-corrected chi connectivity index (χ3v) is 4.76. The molecular weight excluding hydrogens is 302 g/mol. The second-order valence-corrected chi connectivity index (χ2v) is 5.96. The molecule has 0 spiro atoms. The van der Waals surface area contributed by atoms with Gasteiger partial charge in [0.1, 0.15) is 5.82 Å². The van der Waals surface area contributed by atoms with E-state index in [1.54, 1.807) is 0 Å². The first-order chi connectivity index (χ1) is 9.06.